The summed E-state index contributed by atoms with van der Waals surface area (Å²) in [6, 6.07) is 17.5. The molecular formula is C21H25NO4S. The van der Waals surface area contributed by atoms with Crippen LogP contribution in [0, 0.1) is 0 Å². The van der Waals surface area contributed by atoms with E-state index >= 15 is 0 Å². The Hall–Kier alpha value is -2.47. The van der Waals surface area contributed by atoms with Gasteiger partial charge in [0.15, 0.2) is 6.61 Å². The molecule has 0 aliphatic heterocycles. The lowest BCUT2D eigenvalue weighted by Gasteiger charge is -2.14. The number of hydrogen-bond acceptors (Lipinski definition) is 5. The predicted molar refractivity (Wildman–Crippen MR) is 107 cm³/mol. The molecule has 0 aliphatic rings. The van der Waals surface area contributed by atoms with Gasteiger partial charge in [-0.2, -0.15) is 0 Å². The highest BCUT2D eigenvalue weighted by atomic mass is 32.2. The van der Waals surface area contributed by atoms with E-state index in [0.717, 1.165) is 23.5 Å². The van der Waals surface area contributed by atoms with Crippen LogP contribution in [0.25, 0.3) is 0 Å². The first kappa shape index (κ1) is 20.8. The van der Waals surface area contributed by atoms with Crippen LogP contribution in [-0.2, 0) is 20.7 Å². The number of amides is 1. The topological polar surface area (TPSA) is 64.6 Å². The Labute approximate surface area is 164 Å². The zero-order valence-electron chi connectivity index (χ0n) is 15.6. The Morgan fingerprint density at radius 2 is 1.78 bits per heavy atom. The predicted octanol–water partition coefficient (Wildman–Crippen LogP) is 3.47. The Kier molecular flexibility index (Phi) is 8.71. The number of carbonyl (C=O) groups is 2. The van der Waals surface area contributed by atoms with Gasteiger partial charge in [-0.1, -0.05) is 30.3 Å². The van der Waals surface area contributed by atoms with Crippen LogP contribution < -0.4 is 10.1 Å². The number of rotatable bonds is 10. The fourth-order valence-electron chi connectivity index (χ4n) is 2.42. The van der Waals surface area contributed by atoms with E-state index in [1.807, 2.05) is 49.4 Å². The smallest absolute Gasteiger partial charge is 0.316 e. The molecular weight excluding hydrogens is 362 g/mol. The minimum absolute atomic E-state index is 0.0186. The molecule has 0 spiro atoms. The van der Waals surface area contributed by atoms with Crippen LogP contribution in [0.5, 0.6) is 5.75 Å². The number of benzene rings is 2. The second-order valence-corrected chi connectivity index (χ2v) is 7.17. The lowest BCUT2D eigenvalue weighted by atomic mass is 10.1. The van der Waals surface area contributed by atoms with Gasteiger partial charge < -0.3 is 14.8 Å². The van der Waals surface area contributed by atoms with Crippen molar-refractivity contribution in [1.29, 1.82) is 0 Å². The van der Waals surface area contributed by atoms with Crippen molar-refractivity contribution in [3.8, 4) is 5.75 Å². The second kappa shape index (κ2) is 11.3. The normalized spacial score (nSPS) is 11.5. The summed E-state index contributed by atoms with van der Waals surface area (Å²) in [5.74, 6) is 0.227. The van der Waals surface area contributed by atoms with Crippen molar-refractivity contribution >= 4 is 23.6 Å². The maximum atomic E-state index is 11.9. The molecule has 0 aliphatic carbocycles. The van der Waals surface area contributed by atoms with Crippen LogP contribution in [0.15, 0.2) is 59.5 Å². The molecule has 0 radical (unpaired) electrons. The molecule has 144 valence electrons. The lowest BCUT2D eigenvalue weighted by molar-refractivity contribution is -0.146. The second-order valence-electron chi connectivity index (χ2n) is 6.12. The summed E-state index contributed by atoms with van der Waals surface area (Å²) in [5.41, 5.74) is 1.24. The van der Waals surface area contributed by atoms with Gasteiger partial charge in [-0.25, -0.2) is 0 Å². The van der Waals surface area contributed by atoms with Gasteiger partial charge in [-0.05, 0) is 49.6 Å². The first-order chi connectivity index (χ1) is 13.1. The van der Waals surface area contributed by atoms with E-state index in [4.69, 9.17) is 9.47 Å². The van der Waals surface area contributed by atoms with Gasteiger partial charge >= 0.3 is 5.97 Å². The minimum Gasteiger partial charge on any atom is -0.497 e. The number of ether oxygens (including phenoxy) is 2. The molecule has 5 nitrogen and oxygen atoms in total. The number of thioether (sulfide) groups is 1. The van der Waals surface area contributed by atoms with Gasteiger partial charge in [0.1, 0.15) is 5.75 Å². The molecule has 2 aromatic carbocycles. The number of esters is 1. The third-order valence-electron chi connectivity index (χ3n) is 3.90. The zero-order chi connectivity index (χ0) is 19.5. The molecule has 1 N–H and O–H groups in total. The molecule has 0 aromatic heterocycles. The fraction of sp³-hybridized carbons (Fsp3) is 0.333. The van der Waals surface area contributed by atoms with E-state index in [-0.39, 0.29) is 24.3 Å². The highest BCUT2D eigenvalue weighted by Gasteiger charge is 2.11. The van der Waals surface area contributed by atoms with Gasteiger partial charge in [-0.15, -0.1) is 11.8 Å². The van der Waals surface area contributed by atoms with Gasteiger partial charge in [0.2, 0.25) is 0 Å². The third-order valence-corrected chi connectivity index (χ3v) is 4.88. The summed E-state index contributed by atoms with van der Waals surface area (Å²) < 4.78 is 10.1. The highest BCUT2D eigenvalue weighted by Crippen LogP contribution is 2.21. The largest absolute Gasteiger partial charge is 0.497 e. The molecule has 0 saturated carbocycles. The van der Waals surface area contributed by atoms with Crippen molar-refractivity contribution in [3.05, 3.63) is 60.2 Å². The third kappa shape index (κ3) is 8.17. The standard InChI is InChI=1S/C21H25NO4S/c1-16(8-9-17-6-4-3-5-7-17)22-20(23)14-26-21(24)15-27-19-12-10-18(25-2)11-13-19/h3-7,10-13,16H,8-9,14-15H2,1-2H3,(H,22,23)/t16-/m0/s1. The van der Waals surface area contributed by atoms with E-state index in [2.05, 4.69) is 17.4 Å². The van der Waals surface area contributed by atoms with Crippen molar-refractivity contribution in [2.45, 2.75) is 30.7 Å². The summed E-state index contributed by atoms with van der Waals surface area (Å²) >= 11 is 1.36. The van der Waals surface area contributed by atoms with Crippen LogP contribution in [0.1, 0.15) is 18.9 Å². The molecule has 1 atom stereocenters. The molecule has 0 unspecified atom stereocenters. The molecule has 0 fully saturated rings. The quantitative estimate of drug-likeness (QED) is 0.500. The average molecular weight is 388 g/mol. The van der Waals surface area contributed by atoms with Crippen molar-refractivity contribution < 1.29 is 19.1 Å². The fourth-order valence-corrected chi connectivity index (χ4v) is 3.11. The molecule has 2 aromatic rings. The van der Waals surface area contributed by atoms with Crippen molar-refractivity contribution in [1.82, 2.24) is 5.32 Å². The number of carbonyl (C=O) groups excluding carboxylic acids is 2. The van der Waals surface area contributed by atoms with Crippen molar-refractivity contribution in [2.75, 3.05) is 19.5 Å². The van der Waals surface area contributed by atoms with E-state index < -0.39 is 5.97 Å². The Morgan fingerprint density at radius 3 is 2.44 bits per heavy atom. The summed E-state index contributed by atoms with van der Waals surface area (Å²) in [4.78, 5) is 24.6. The molecule has 0 bridgehead atoms. The molecule has 0 heterocycles. The lowest BCUT2D eigenvalue weighted by Crippen LogP contribution is -2.36. The SMILES string of the molecule is COc1ccc(SCC(=O)OCC(=O)N[C@@H](C)CCc2ccccc2)cc1. The number of methoxy groups -OCH3 is 1. The number of aryl methyl sites for hydroxylation is 1. The number of hydrogen-bond donors (Lipinski definition) is 1. The molecule has 6 heteroatoms. The molecule has 1 amide bonds. The highest BCUT2D eigenvalue weighted by molar-refractivity contribution is 8.00. The van der Waals surface area contributed by atoms with E-state index in [9.17, 15) is 9.59 Å². The Balaban J connectivity index is 1.61. The number of nitrogens with one attached hydrogen (secondary N) is 1. The average Bonchev–Trinajstić information content (AvgIpc) is 2.70. The summed E-state index contributed by atoms with van der Waals surface area (Å²) in [5, 5.41) is 2.86. The first-order valence-electron chi connectivity index (χ1n) is 8.82. The van der Waals surface area contributed by atoms with Crippen LogP contribution in [-0.4, -0.2) is 37.4 Å². The van der Waals surface area contributed by atoms with Gasteiger partial charge in [-0.3, -0.25) is 9.59 Å². The molecule has 2 rings (SSSR count). The van der Waals surface area contributed by atoms with Gasteiger partial charge in [0.05, 0.1) is 12.9 Å². The zero-order valence-corrected chi connectivity index (χ0v) is 16.5. The monoisotopic (exact) mass is 387 g/mol. The van der Waals surface area contributed by atoms with Crippen LogP contribution in [0.3, 0.4) is 0 Å². The van der Waals surface area contributed by atoms with Crippen LogP contribution in [0.4, 0.5) is 0 Å². The van der Waals surface area contributed by atoms with E-state index in [0.29, 0.717) is 0 Å². The summed E-state index contributed by atoms with van der Waals surface area (Å²) in [7, 11) is 1.60. The maximum absolute atomic E-state index is 11.9. The molecule has 27 heavy (non-hydrogen) atoms. The van der Waals surface area contributed by atoms with Crippen molar-refractivity contribution in [3.63, 3.8) is 0 Å². The first-order valence-corrected chi connectivity index (χ1v) is 9.81. The van der Waals surface area contributed by atoms with E-state index in [1.165, 1.54) is 17.3 Å². The van der Waals surface area contributed by atoms with Crippen LogP contribution in [0.2, 0.25) is 0 Å². The summed E-state index contributed by atoms with van der Waals surface area (Å²) in [6.07, 6.45) is 1.72. The minimum atomic E-state index is -0.414. The van der Waals surface area contributed by atoms with Crippen LogP contribution >= 0.6 is 11.8 Å². The van der Waals surface area contributed by atoms with Gasteiger partial charge in [0, 0.05) is 10.9 Å². The molecule has 0 saturated heterocycles. The Morgan fingerprint density at radius 1 is 1.07 bits per heavy atom. The van der Waals surface area contributed by atoms with Gasteiger partial charge in [0.25, 0.3) is 5.91 Å². The van der Waals surface area contributed by atoms with E-state index in [1.54, 1.807) is 7.11 Å². The van der Waals surface area contributed by atoms with Crippen molar-refractivity contribution in [2.24, 2.45) is 0 Å². The Bertz CT molecular complexity index is 719. The summed E-state index contributed by atoms with van der Waals surface area (Å²) in [6.45, 7) is 1.69. The maximum Gasteiger partial charge on any atom is 0.316 e.